The molecular weight excluding hydrogens is 303 g/mol. The summed E-state index contributed by atoms with van der Waals surface area (Å²) in [6.07, 6.45) is 0. The predicted octanol–water partition coefficient (Wildman–Crippen LogP) is 1.89. The van der Waals surface area contributed by atoms with Crippen molar-refractivity contribution in [3.05, 3.63) is 47.9 Å². The predicted molar refractivity (Wildman–Crippen MR) is 80.9 cm³/mol. The summed E-state index contributed by atoms with van der Waals surface area (Å²) in [5, 5.41) is 5.12. The fourth-order valence-electron chi connectivity index (χ4n) is 2.34. The van der Waals surface area contributed by atoms with Gasteiger partial charge in [0, 0.05) is 12.3 Å². The lowest BCUT2D eigenvalue weighted by Crippen LogP contribution is -2.51. The Hall–Kier alpha value is -2.41. The van der Waals surface area contributed by atoms with Gasteiger partial charge in [-0.05, 0) is 24.6 Å². The first-order chi connectivity index (χ1) is 11.0. The van der Waals surface area contributed by atoms with Crippen molar-refractivity contribution in [3.63, 3.8) is 0 Å². The first kappa shape index (κ1) is 17.0. The zero-order chi connectivity index (χ0) is 16.8. The van der Waals surface area contributed by atoms with E-state index in [0.29, 0.717) is 18.8 Å². The maximum Gasteiger partial charge on any atom is 0.319 e. The molecule has 2 atom stereocenters. The van der Waals surface area contributed by atoms with E-state index >= 15 is 0 Å². The van der Waals surface area contributed by atoms with E-state index in [9.17, 15) is 14.0 Å². The van der Waals surface area contributed by atoms with Gasteiger partial charge in [0.05, 0.1) is 12.6 Å². The van der Waals surface area contributed by atoms with Gasteiger partial charge in [0.1, 0.15) is 18.3 Å². The third-order valence-corrected chi connectivity index (χ3v) is 3.43. The van der Waals surface area contributed by atoms with E-state index in [1.807, 2.05) is 6.92 Å². The number of halogens is 1. The van der Waals surface area contributed by atoms with Gasteiger partial charge in [-0.3, -0.25) is 4.79 Å². The van der Waals surface area contributed by atoms with Gasteiger partial charge in [-0.2, -0.15) is 0 Å². The van der Waals surface area contributed by atoms with Crippen LogP contribution in [0.3, 0.4) is 0 Å². The van der Waals surface area contributed by atoms with E-state index in [1.54, 1.807) is 0 Å². The molecule has 0 aliphatic carbocycles. The van der Waals surface area contributed by atoms with Crippen molar-refractivity contribution < 1.29 is 23.5 Å². The molecule has 0 aromatic heterocycles. The molecule has 2 amide bonds. The maximum absolute atomic E-state index is 13.1. The lowest BCUT2D eigenvalue weighted by Gasteiger charge is -2.33. The third-order valence-electron chi connectivity index (χ3n) is 3.43. The van der Waals surface area contributed by atoms with Crippen LogP contribution >= 0.6 is 0 Å². The Bertz CT molecular complexity index is 588. The fourth-order valence-corrected chi connectivity index (χ4v) is 2.34. The van der Waals surface area contributed by atoms with Gasteiger partial charge in [0.15, 0.2) is 0 Å². The minimum Gasteiger partial charge on any atom is -0.463 e. The summed E-state index contributed by atoms with van der Waals surface area (Å²) in [6, 6.07) is 4.42. The first-order valence-corrected chi connectivity index (χ1v) is 7.29. The van der Waals surface area contributed by atoms with Gasteiger partial charge in [-0.15, -0.1) is 0 Å². The summed E-state index contributed by atoms with van der Waals surface area (Å²) in [5.74, 6) is -1.74. The van der Waals surface area contributed by atoms with E-state index < -0.39 is 29.8 Å². The molecule has 2 N–H and O–H groups in total. The van der Waals surface area contributed by atoms with Crippen LogP contribution in [0.1, 0.15) is 18.5 Å². The summed E-state index contributed by atoms with van der Waals surface area (Å²) in [7, 11) is 0. The van der Waals surface area contributed by atoms with Crippen molar-refractivity contribution in [2.45, 2.75) is 13.0 Å². The van der Waals surface area contributed by atoms with E-state index in [0.717, 1.165) is 0 Å². The van der Waals surface area contributed by atoms with E-state index in [-0.39, 0.29) is 12.3 Å². The van der Waals surface area contributed by atoms with E-state index in [4.69, 9.17) is 9.47 Å². The Morgan fingerprint density at radius 3 is 2.65 bits per heavy atom. The number of amides is 2. The smallest absolute Gasteiger partial charge is 0.319 e. The number of nitrogens with one attached hydrogen (secondary N) is 2. The average Bonchev–Trinajstić information content (AvgIpc) is 2.51. The van der Waals surface area contributed by atoms with Gasteiger partial charge >= 0.3 is 12.0 Å². The number of benzene rings is 1. The molecule has 1 fully saturated rings. The number of rotatable bonds is 6. The number of hydrogen-bond donors (Lipinski definition) is 2. The molecular formula is C16H19FN2O4. The van der Waals surface area contributed by atoms with Gasteiger partial charge in [0.2, 0.25) is 0 Å². The Kier molecular flexibility index (Phi) is 5.70. The minimum atomic E-state index is -0.806. The van der Waals surface area contributed by atoms with Crippen LogP contribution in [0, 0.1) is 11.7 Å². The highest BCUT2D eigenvalue weighted by Gasteiger charge is 2.38. The Morgan fingerprint density at radius 1 is 1.30 bits per heavy atom. The Morgan fingerprint density at radius 2 is 2.00 bits per heavy atom. The van der Waals surface area contributed by atoms with Gasteiger partial charge in [-0.25, -0.2) is 9.18 Å². The van der Waals surface area contributed by atoms with Crippen molar-refractivity contribution in [2.75, 3.05) is 19.8 Å². The summed E-state index contributed by atoms with van der Waals surface area (Å²) in [5.41, 5.74) is 0.832. The maximum atomic E-state index is 13.1. The molecule has 0 unspecified atom stereocenters. The highest BCUT2D eigenvalue weighted by molar-refractivity contribution is 5.85. The van der Waals surface area contributed by atoms with Crippen LogP contribution in [-0.2, 0) is 14.3 Å². The summed E-state index contributed by atoms with van der Waals surface area (Å²) < 4.78 is 23.4. The normalized spacial score (nSPS) is 20.6. The molecule has 6 nitrogen and oxygen atoms in total. The zero-order valence-electron chi connectivity index (χ0n) is 12.8. The number of urea groups is 1. The molecule has 1 aromatic carbocycles. The molecule has 1 saturated heterocycles. The highest BCUT2D eigenvalue weighted by atomic mass is 19.1. The molecule has 7 heteroatoms. The zero-order valence-corrected chi connectivity index (χ0v) is 12.8. The molecule has 0 radical (unpaired) electrons. The SMILES string of the molecule is C=C1NC(=O)N[C@H](c2ccc(F)cc2)[C@H]1C(=O)OCCOCC. The summed E-state index contributed by atoms with van der Waals surface area (Å²) in [4.78, 5) is 24.0. The molecule has 0 spiro atoms. The van der Waals surface area contributed by atoms with Gasteiger partial charge in [-0.1, -0.05) is 18.7 Å². The topological polar surface area (TPSA) is 76.7 Å². The monoisotopic (exact) mass is 322 g/mol. The van der Waals surface area contributed by atoms with Crippen molar-refractivity contribution in [1.29, 1.82) is 0 Å². The van der Waals surface area contributed by atoms with Crippen LogP contribution in [0.15, 0.2) is 36.5 Å². The molecule has 0 saturated carbocycles. The third kappa shape index (κ3) is 4.29. The van der Waals surface area contributed by atoms with Crippen molar-refractivity contribution in [3.8, 4) is 0 Å². The lowest BCUT2D eigenvalue weighted by atomic mass is 9.89. The standard InChI is InChI=1S/C16H19FN2O4/c1-3-22-8-9-23-15(20)13-10(2)18-16(21)19-14(13)11-4-6-12(17)7-5-11/h4-7,13-14H,2-3,8-9H2,1H3,(H2,18,19,21)/t13-,14+/m0/s1. The second kappa shape index (κ2) is 7.73. The van der Waals surface area contributed by atoms with E-state index in [1.165, 1.54) is 24.3 Å². The Balaban J connectivity index is 2.14. The van der Waals surface area contributed by atoms with Crippen LogP contribution in [0.2, 0.25) is 0 Å². The van der Waals surface area contributed by atoms with Crippen molar-refractivity contribution >= 4 is 12.0 Å². The number of hydrogen-bond acceptors (Lipinski definition) is 4. The van der Waals surface area contributed by atoms with Crippen molar-refractivity contribution in [1.82, 2.24) is 10.6 Å². The van der Waals surface area contributed by atoms with Crippen LogP contribution in [0.4, 0.5) is 9.18 Å². The van der Waals surface area contributed by atoms with E-state index in [2.05, 4.69) is 17.2 Å². The molecule has 2 rings (SSSR count). The molecule has 1 aliphatic heterocycles. The van der Waals surface area contributed by atoms with Crippen LogP contribution < -0.4 is 10.6 Å². The van der Waals surface area contributed by atoms with Gasteiger partial charge < -0.3 is 20.1 Å². The first-order valence-electron chi connectivity index (χ1n) is 7.29. The largest absolute Gasteiger partial charge is 0.463 e. The number of esters is 1. The molecule has 1 heterocycles. The van der Waals surface area contributed by atoms with Crippen LogP contribution in [0.25, 0.3) is 0 Å². The number of ether oxygens (including phenoxy) is 2. The average molecular weight is 322 g/mol. The molecule has 0 bridgehead atoms. The van der Waals surface area contributed by atoms with Crippen molar-refractivity contribution in [2.24, 2.45) is 5.92 Å². The Labute approximate surface area is 133 Å². The number of carbonyl (C=O) groups is 2. The quantitative estimate of drug-likeness (QED) is 0.619. The lowest BCUT2D eigenvalue weighted by molar-refractivity contribution is -0.150. The van der Waals surface area contributed by atoms with Crippen LogP contribution in [0.5, 0.6) is 0 Å². The molecule has 1 aliphatic rings. The summed E-state index contributed by atoms with van der Waals surface area (Å²) in [6.45, 7) is 6.51. The number of carbonyl (C=O) groups excluding carboxylic acids is 2. The van der Waals surface area contributed by atoms with Crippen LogP contribution in [-0.4, -0.2) is 31.8 Å². The fraction of sp³-hybridized carbons (Fsp3) is 0.375. The van der Waals surface area contributed by atoms with Gasteiger partial charge in [0.25, 0.3) is 0 Å². The second-order valence-corrected chi connectivity index (χ2v) is 5.00. The molecule has 1 aromatic rings. The molecule has 124 valence electrons. The molecule has 23 heavy (non-hydrogen) atoms. The summed E-state index contributed by atoms with van der Waals surface area (Å²) >= 11 is 0. The highest BCUT2D eigenvalue weighted by Crippen LogP contribution is 2.30. The second-order valence-electron chi connectivity index (χ2n) is 5.00. The minimum absolute atomic E-state index is 0.112.